The van der Waals surface area contributed by atoms with Gasteiger partial charge in [0.05, 0.1) is 23.9 Å². The van der Waals surface area contributed by atoms with Gasteiger partial charge in [-0.25, -0.2) is 27.9 Å². The van der Waals surface area contributed by atoms with E-state index in [4.69, 9.17) is 19.6 Å². The van der Waals surface area contributed by atoms with Gasteiger partial charge in [-0.1, -0.05) is 6.07 Å². The molecule has 3 aromatic heterocycles. The Labute approximate surface area is 352 Å². The number of ether oxygens (including phenoxy) is 1. The molecule has 0 radical (unpaired) electrons. The monoisotopic (exact) mass is 872 g/mol. The van der Waals surface area contributed by atoms with Crippen molar-refractivity contribution >= 4 is 46.5 Å². The van der Waals surface area contributed by atoms with Crippen molar-refractivity contribution in [2.75, 3.05) is 48.3 Å². The molecule has 0 aliphatic carbocycles. The molecule has 3 amide bonds. The van der Waals surface area contributed by atoms with Crippen LogP contribution in [0.15, 0.2) is 72.3 Å². The SMILES string of the molecule is CC(C)Oc1cc2nc(C3CCN(CC(F)=C4CCN(c5ccc(NC6CCC(=O)NC6=O)cc5)CC4)CC3)cn2cc1C(=O)Nc1cccc(C(F)F)n1.O=C(O)C(F)(F)F. The predicted molar refractivity (Wildman–Crippen MR) is 216 cm³/mol. The van der Waals surface area contributed by atoms with Crippen molar-refractivity contribution in [2.24, 2.45) is 0 Å². The number of alkyl halides is 5. The van der Waals surface area contributed by atoms with Crippen molar-refractivity contribution in [3.05, 3.63) is 89.3 Å². The van der Waals surface area contributed by atoms with Crippen LogP contribution < -0.4 is 25.6 Å². The normalized spacial score (nSPS) is 17.7. The third-order valence-electron chi connectivity index (χ3n) is 10.6. The first-order valence-corrected chi connectivity index (χ1v) is 20.0. The average molecular weight is 873 g/mol. The fourth-order valence-corrected chi connectivity index (χ4v) is 7.38. The molecule has 0 bridgehead atoms. The van der Waals surface area contributed by atoms with Gasteiger partial charge in [-0.05, 0) is 101 Å². The number of rotatable bonds is 11. The zero-order valence-corrected chi connectivity index (χ0v) is 33.9. The minimum atomic E-state index is -5.08. The molecule has 0 spiro atoms. The number of carboxylic acid groups (broad SMARTS) is 1. The second-order valence-electron chi connectivity index (χ2n) is 15.4. The topological polar surface area (TPSA) is 170 Å². The fourth-order valence-electron chi connectivity index (χ4n) is 7.38. The lowest BCUT2D eigenvalue weighted by Gasteiger charge is -2.33. The van der Waals surface area contributed by atoms with Crippen LogP contribution in [0.5, 0.6) is 5.75 Å². The molecule has 3 aliphatic heterocycles. The Hall–Kier alpha value is -6.18. The van der Waals surface area contributed by atoms with Crippen LogP contribution in [0.3, 0.4) is 0 Å². The molecular formula is C42H46F6N8O6. The molecule has 6 heterocycles. The highest BCUT2D eigenvalue weighted by Gasteiger charge is 2.38. The number of fused-ring (bicyclic) bond motifs is 1. The third kappa shape index (κ3) is 11.8. The standard InChI is InChI=1S/C40H45F3N8O4.C2HF3O2/c1-24(2)55-34-20-36-46-33(23-51(36)21-29(34)39(53)47-35-5-3-4-31(45-35)38(42)43)26-12-16-49(17-13-26)22-30(41)25-14-18-50(19-15-25)28-8-6-27(7-9-28)44-32-10-11-37(52)48-40(32)54;3-2(4,5)1(6)7/h3-9,20-21,23-24,26,32,38,44H,10-19,22H2,1-2H3,(H,45,47,53)(H,48,52,54);(H,6,7). The fraction of sp³-hybridized carbons (Fsp3) is 0.429. The van der Waals surface area contributed by atoms with Gasteiger partial charge in [0.1, 0.15) is 34.8 Å². The summed E-state index contributed by atoms with van der Waals surface area (Å²) in [5.41, 5.74) is 4.00. The summed E-state index contributed by atoms with van der Waals surface area (Å²) in [6.07, 6.45) is -0.834. The van der Waals surface area contributed by atoms with E-state index in [9.17, 15) is 36.3 Å². The molecule has 4 aromatic rings. The first kappa shape index (κ1) is 45.3. The number of aromatic nitrogens is 3. The number of hydrogen-bond donors (Lipinski definition) is 4. The minimum absolute atomic E-state index is 0.0132. The molecule has 1 atom stereocenters. The number of nitrogens with zero attached hydrogens (tertiary/aromatic N) is 5. The van der Waals surface area contributed by atoms with E-state index in [-0.39, 0.29) is 47.6 Å². The molecule has 62 heavy (non-hydrogen) atoms. The molecule has 7 rings (SSSR count). The number of carbonyl (C=O) groups is 4. The number of imidazole rings is 1. The predicted octanol–water partition coefficient (Wildman–Crippen LogP) is 7.26. The third-order valence-corrected chi connectivity index (χ3v) is 10.6. The van der Waals surface area contributed by atoms with Crippen molar-refractivity contribution in [1.82, 2.24) is 24.6 Å². The van der Waals surface area contributed by atoms with E-state index in [1.807, 2.05) is 44.3 Å². The van der Waals surface area contributed by atoms with E-state index >= 15 is 4.39 Å². The Morgan fingerprint density at radius 2 is 1.63 bits per heavy atom. The van der Waals surface area contributed by atoms with E-state index in [2.05, 4.69) is 30.7 Å². The summed E-state index contributed by atoms with van der Waals surface area (Å²) in [5, 5.41) is 15.3. The number of imide groups is 1. The van der Waals surface area contributed by atoms with Gasteiger partial charge in [0, 0.05) is 55.3 Å². The van der Waals surface area contributed by atoms with Crippen molar-refractivity contribution in [2.45, 2.75) is 83.0 Å². The minimum Gasteiger partial charge on any atom is -0.490 e. The molecule has 20 heteroatoms. The molecular weight excluding hydrogens is 827 g/mol. The molecule has 3 aliphatic rings. The lowest BCUT2D eigenvalue weighted by atomic mass is 9.94. The molecule has 14 nitrogen and oxygen atoms in total. The smallest absolute Gasteiger partial charge is 0.490 e. The zero-order valence-electron chi connectivity index (χ0n) is 33.9. The number of pyridine rings is 2. The average Bonchev–Trinajstić information content (AvgIpc) is 3.65. The number of hydrogen-bond acceptors (Lipinski definition) is 10. The van der Waals surface area contributed by atoms with Crippen LogP contribution in [0, 0.1) is 0 Å². The lowest BCUT2D eigenvalue weighted by molar-refractivity contribution is -0.192. The van der Waals surface area contributed by atoms with Crippen molar-refractivity contribution in [3.8, 4) is 5.75 Å². The molecule has 1 unspecified atom stereocenters. The molecule has 3 saturated heterocycles. The Morgan fingerprint density at radius 3 is 2.24 bits per heavy atom. The Kier molecular flexibility index (Phi) is 14.4. The lowest BCUT2D eigenvalue weighted by Crippen LogP contribution is -2.47. The number of anilines is 3. The second kappa shape index (κ2) is 19.7. The zero-order chi connectivity index (χ0) is 44.7. The summed E-state index contributed by atoms with van der Waals surface area (Å²) >= 11 is 0. The van der Waals surface area contributed by atoms with Gasteiger partial charge in [0.25, 0.3) is 12.3 Å². The maximum absolute atomic E-state index is 15.6. The van der Waals surface area contributed by atoms with Crippen molar-refractivity contribution in [3.63, 3.8) is 0 Å². The summed E-state index contributed by atoms with van der Waals surface area (Å²) in [6.45, 7) is 6.87. The van der Waals surface area contributed by atoms with E-state index in [1.165, 1.54) is 18.2 Å². The highest BCUT2D eigenvalue weighted by atomic mass is 19.4. The summed E-state index contributed by atoms with van der Waals surface area (Å²) in [6, 6.07) is 13.2. The van der Waals surface area contributed by atoms with E-state index in [0.717, 1.165) is 48.6 Å². The van der Waals surface area contributed by atoms with E-state index < -0.39 is 36.2 Å². The Balaban J connectivity index is 0.000000845. The van der Waals surface area contributed by atoms with Gasteiger partial charge in [-0.2, -0.15) is 13.2 Å². The number of carbonyl (C=O) groups excluding carboxylic acids is 3. The van der Waals surface area contributed by atoms with Crippen LogP contribution in [-0.4, -0.2) is 99.1 Å². The summed E-state index contributed by atoms with van der Waals surface area (Å²) < 4.78 is 81.4. The second-order valence-corrected chi connectivity index (χ2v) is 15.4. The number of amides is 3. The molecule has 0 saturated carbocycles. The number of carboxylic acids is 1. The van der Waals surface area contributed by atoms with Gasteiger partial charge >= 0.3 is 12.1 Å². The van der Waals surface area contributed by atoms with Crippen LogP contribution in [0.1, 0.15) is 86.5 Å². The maximum Gasteiger partial charge on any atom is 0.490 e. The number of aliphatic carboxylic acids is 1. The van der Waals surface area contributed by atoms with Gasteiger partial charge in [0.15, 0.2) is 0 Å². The van der Waals surface area contributed by atoms with E-state index in [1.54, 1.807) is 16.7 Å². The molecule has 3 fully saturated rings. The Morgan fingerprint density at radius 1 is 0.952 bits per heavy atom. The summed E-state index contributed by atoms with van der Waals surface area (Å²) in [7, 11) is 0. The number of likely N-dealkylation sites (tertiary alicyclic amines) is 1. The number of piperidine rings is 3. The first-order valence-electron chi connectivity index (χ1n) is 20.0. The highest BCUT2D eigenvalue weighted by molar-refractivity contribution is 6.06. The Bertz CT molecular complexity index is 2280. The van der Waals surface area contributed by atoms with Crippen LogP contribution in [0.4, 0.5) is 43.5 Å². The van der Waals surface area contributed by atoms with Gasteiger partial charge in [0.2, 0.25) is 11.8 Å². The summed E-state index contributed by atoms with van der Waals surface area (Å²) in [4.78, 5) is 58.9. The van der Waals surface area contributed by atoms with Crippen LogP contribution >= 0.6 is 0 Å². The van der Waals surface area contributed by atoms with Gasteiger partial charge in [-0.3, -0.25) is 24.6 Å². The molecule has 4 N–H and O–H groups in total. The first-order chi connectivity index (χ1) is 29.4. The highest BCUT2D eigenvalue weighted by Crippen LogP contribution is 2.32. The van der Waals surface area contributed by atoms with Crippen molar-refractivity contribution in [1.29, 1.82) is 0 Å². The quantitative estimate of drug-likeness (QED) is 0.0884. The van der Waals surface area contributed by atoms with Crippen LogP contribution in [0.2, 0.25) is 0 Å². The maximum atomic E-state index is 15.6. The number of nitrogens with one attached hydrogen (secondary N) is 3. The largest absolute Gasteiger partial charge is 0.490 e. The number of benzene rings is 1. The molecule has 332 valence electrons. The van der Waals surface area contributed by atoms with Gasteiger partial charge < -0.3 is 29.8 Å². The van der Waals surface area contributed by atoms with Crippen LogP contribution in [-0.2, 0) is 14.4 Å². The number of halogens is 6. The van der Waals surface area contributed by atoms with Crippen molar-refractivity contribution < 1.29 is 55.4 Å². The summed E-state index contributed by atoms with van der Waals surface area (Å²) in [5.74, 6) is -3.40. The van der Waals surface area contributed by atoms with Gasteiger partial charge in [-0.15, -0.1) is 0 Å². The molecule has 1 aromatic carbocycles. The van der Waals surface area contributed by atoms with Crippen LogP contribution in [0.25, 0.3) is 5.65 Å². The van der Waals surface area contributed by atoms with E-state index in [0.29, 0.717) is 50.2 Å².